The molecule has 0 saturated carbocycles. The highest BCUT2D eigenvalue weighted by molar-refractivity contribution is 7.92. The van der Waals surface area contributed by atoms with Crippen molar-refractivity contribution >= 4 is 26.9 Å². The molecule has 2 N–H and O–H groups in total. The number of ether oxygens (including phenoxy) is 2. The van der Waals surface area contributed by atoms with E-state index in [1.807, 2.05) is 43.3 Å². The van der Waals surface area contributed by atoms with Gasteiger partial charge in [-0.3, -0.25) is 9.62 Å². The Bertz CT molecular complexity index is 1440. The summed E-state index contributed by atoms with van der Waals surface area (Å²) in [6.07, 6.45) is 1.94. The van der Waals surface area contributed by atoms with Gasteiger partial charge in [-0.25, -0.2) is 8.42 Å². The number of fused-ring (bicyclic) bond motifs is 1. The van der Waals surface area contributed by atoms with E-state index in [9.17, 15) is 13.5 Å². The Hall–Kier alpha value is -3.49. The van der Waals surface area contributed by atoms with Crippen LogP contribution in [0.25, 0.3) is 11.1 Å². The summed E-state index contributed by atoms with van der Waals surface area (Å²) in [5, 5.41) is 10.1. The molecule has 8 heteroatoms. The molecule has 0 spiro atoms. The minimum atomic E-state index is -3.43. The summed E-state index contributed by atoms with van der Waals surface area (Å²) in [6, 6.07) is 20.3. The van der Waals surface area contributed by atoms with Crippen molar-refractivity contribution in [3.05, 3.63) is 83.4 Å². The van der Waals surface area contributed by atoms with E-state index in [0.29, 0.717) is 18.0 Å². The third kappa shape index (κ3) is 5.81. The summed E-state index contributed by atoms with van der Waals surface area (Å²) >= 11 is 0. The monoisotopic (exact) mass is 534 g/mol. The second-order valence-corrected chi connectivity index (χ2v) is 11.9. The predicted octanol–water partition coefficient (Wildman–Crippen LogP) is 5.55. The molecule has 0 unspecified atom stereocenters. The number of benzene rings is 3. The zero-order valence-electron chi connectivity index (χ0n) is 22.0. The molecule has 0 radical (unpaired) electrons. The van der Waals surface area contributed by atoms with Gasteiger partial charge in [0, 0.05) is 36.5 Å². The van der Waals surface area contributed by atoms with Gasteiger partial charge in [-0.05, 0) is 72.0 Å². The van der Waals surface area contributed by atoms with E-state index in [1.165, 1.54) is 6.42 Å². The Morgan fingerprint density at radius 1 is 1.08 bits per heavy atom. The number of sulfonamides is 1. The lowest BCUT2D eigenvalue weighted by Crippen LogP contribution is -2.47. The number of likely N-dealkylation sites (tertiary alicyclic amines) is 1. The molecule has 7 nitrogen and oxygen atoms in total. The van der Waals surface area contributed by atoms with Crippen LogP contribution < -0.4 is 14.2 Å². The fourth-order valence-electron chi connectivity index (χ4n) is 5.16. The van der Waals surface area contributed by atoms with Crippen LogP contribution in [0.4, 0.5) is 5.69 Å². The Morgan fingerprint density at radius 3 is 2.55 bits per heavy atom. The highest BCUT2D eigenvalue weighted by atomic mass is 32.2. The second kappa shape index (κ2) is 10.7. The van der Waals surface area contributed by atoms with Gasteiger partial charge in [0.1, 0.15) is 30.0 Å². The van der Waals surface area contributed by atoms with Crippen LogP contribution in [0.1, 0.15) is 43.1 Å². The number of hydrogen-bond donors (Lipinski definition) is 2. The third-order valence-corrected chi connectivity index (χ3v) is 7.83. The van der Waals surface area contributed by atoms with Gasteiger partial charge < -0.3 is 14.6 Å². The lowest BCUT2D eigenvalue weighted by Gasteiger charge is -2.38. The van der Waals surface area contributed by atoms with Crippen molar-refractivity contribution in [2.75, 3.05) is 37.2 Å². The fourth-order valence-corrected chi connectivity index (χ4v) is 5.71. The van der Waals surface area contributed by atoms with Crippen molar-refractivity contribution in [1.29, 1.82) is 0 Å². The van der Waals surface area contributed by atoms with Crippen molar-refractivity contribution < 1.29 is 23.0 Å². The van der Waals surface area contributed by atoms with E-state index in [0.717, 1.165) is 65.4 Å². The normalized spacial score (nSPS) is 17.9. The first-order chi connectivity index (χ1) is 18.2. The number of anilines is 1. The molecule has 0 amide bonds. The minimum Gasteiger partial charge on any atom is -0.508 e. The predicted molar refractivity (Wildman–Crippen MR) is 151 cm³/mol. The molecule has 2 heterocycles. The number of nitrogens with zero attached hydrogens (tertiary/aromatic N) is 1. The van der Waals surface area contributed by atoms with E-state index >= 15 is 0 Å². The molecule has 200 valence electrons. The average molecular weight is 535 g/mol. The topological polar surface area (TPSA) is 88.1 Å². The lowest BCUT2D eigenvalue weighted by molar-refractivity contribution is 0.0806. The Kier molecular flexibility index (Phi) is 7.36. The first-order valence-corrected chi connectivity index (χ1v) is 14.8. The zero-order chi connectivity index (χ0) is 26.9. The van der Waals surface area contributed by atoms with Gasteiger partial charge in [-0.1, -0.05) is 37.6 Å². The van der Waals surface area contributed by atoms with Crippen LogP contribution in [-0.4, -0.2) is 50.9 Å². The molecule has 1 fully saturated rings. The van der Waals surface area contributed by atoms with Crippen LogP contribution in [-0.2, 0) is 10.0 Å². The van der Waals surface area contributed by atoms with Crippen LogP contribution in [0.3, 0.4) is 0 Å². The Labute approximate surface area is 224 Å². The molecule has 1 saturated heterocycles. The van der Waals surface area contributed by atoms with Gasteiger partial charge in [-0.2, -0.15) is 0 Å². The minimum absolute atomic E-state index is 0.155. The molecule has 5 rings (SSSR count). The summed E-state index contributed by atoms with van der Waals surface area (Å²) in [6.45, 7) is 8.13. The number of phenols is 1. The molecule has 1 atom stereocenters. The lowest BCUT2D eigenvalue weighted by atomic mass is 9.86. The molecule has 38 heavy (non-hydrogen) atoms. The number of allylic oxidation sites excluding steroid dienone is 1. The van der Waals surface area contributed by atoms with E-state index in [-0.39, 0.29) is 5.75 Å². The molecule has 2 aliphatic rings. The zero-order valence-corrected chi connectivity index (χ0v) is 22.8. The van der Waals surface area contributed by atoms with Gasteiger partial charge in [0.15, 0.2) is 0 Å². The molecular formula is C30H34N2O5S. The third-order valence-electron chi connectivity index (χ3n) is 7.22. The Balaban J connectivity index is 1.42. The number of aromatic hydroxyl groups is 1. The highest BCUT2D eigenvalue weighted by Gasteiger charge is 2.30. The summed E-state index contributed by atoms with van der Waals surface area (Å²) in [5.41, 5.74) is 4.90. The van der Waals surface area contributed by atoms with Gasteiger partial charge in [0.2, 0.25) is 10.0 Å². The van der Waals surface area contributed by atoms with Crippen LogP contribution >= 0.6 is 0 Å². The number of hydrogen-bond acceptors (Lipinski definition) is 6. The van der Waals surface area contributed by atoms with Crippen molar-refractivity contribution in [2.45, 2.75) is 26.4 Å². The first-order valence-electron chi connectivity index (χ1n) is 12.9. The molecule has 0 aliphatic carbocycles. The molecule has 2 aliphatic heterocycles. The van der Waals surface area contributed by atoms with Crippen LogP contribution in [0.15, 0.2) is 66.7 Å². The van der Waals surface area contributed by atoms with Gasteiger partial charge in [0.25, 0.3) is 0 Å². The standard InChI is InChI=1S/C30H34N2O5S/c1-4-21-18-32(19-21)14-15-36-26-11-8-22(9-12-26)30-29(20(2)27-17-25(33)10-13-28(27)37-30)23-6-5-7-24(16-23)31-38(3,34)35/h5-13,16-17,21,30-31,33H,4,14-15,18-19H2,1-3H3/t30-/m1/s1. The maximum atomic E-state index is 11.8. The summed E-state index contributed by atoms with van der Waals surface area (Å²) < 4.78 is 38.7. The maximum absolute atomic E-state index is 11.8. The number of nitrogens with one attached hydrogen (secondary N) is 1. The van der Waals surface area contributed by atoms with Crippen molar-refractivity contribution in [2.24, 2.45) is 5.92 Å². The van der Waals surface area contributed by atoms with Gasteiger partial charge in [0.05, 0.1) is 6.26 Å². The van der Waals surface area contributed by atoms with Crippen LogP contribution in [0.2, 0.25) is 0 Å². The van der Waals surface area contributed by atoms with Crippen molar-refractivity contribution in [3.8, 4) is 17.2 Å². The van der Waals surface area contributed by atoms with Gasteiger partial charge >= 0.3 is 0 Å². The first kappa shape index (κ1) is 26.1. The largest absolute Gasteiger partial charge is 0.508 e. The summed E-state index contributed by atoms with van der Waals surface area (Å²) in [5.74, 6) is 2.47. The Morgan fingerprint density at radius 2 is 1.84 bits per heavy atom. The molecule has 0 aromatic heterocycles. The highest BCUT2D eigenvalue weighted by Crippen LogP contribution is 2.47. The molecular weight excluding hydrogens is 500 g/mol. The van der Waals surface area contributed by atoms with Gasteiger partial charge in [-0.15, -0.1) is 0 Å². The summed E-state index contributed by atoms with van der Waals surface area (Å²) in [4.78, 5) is 2.42. The van der Waals surface area contributed by atoms with E-state index in [1.54, 1.807) is 30.3 Å². The smallest absolute Gasteiger partial charge is 0.229 e. The fraction of sp³-hybridized carbons (Fsp3) is 0.333. The van der Waals surface area contributed by atoms with Crippen molar-refractivity contribution in [3.63, 3.8) is 0 Å². The quantitative estimate of drug-likeness (QED) is 0.374. The number of phenolic OH excluding ortho intramolecular Hbond substituents is 1. The molecule has 3 aromatic carbocycles. The van der Waals surface area contributed by atoms with E-state index in [2.05, 4.69) is 16.5 Å². The SMILES string of the molecule is CCC1CN(CCOc2ccc([C@H]3Oc4ccc(O)cc4C(C)=C3c3cccc(NS(C)(=O)=O)c3)cc2)C1. The van der Waals surface area contributed by atoms with E-state index in [4.69, 9.17) is 9.47 Å². The van der Waals surface area contributed by atoms with E-state index < -0.39 is 16.1 Å². The second-order valence-electron chi connectivity index (χ2n) is 10.1. The molecule has 3 aromatic rings. The average Bonchev–Trinajstić information content (AvgIpc) is 2.85. The van der Waals surface area contributed by atoms with Crippen LogP contribution in [0, 0.1) is 5.92 Å². The maximum Gasteiger partial charge on any atom is 0.229 e. The van der Waals surface area contributed by atoms with Crippen molar-refractivity contribution in [1.82, 2.24) is 4.90 Å². The number of rotatable bonds is 9. The summed E-state index contributed by atoms with van der Waals surface area (Å²) in [7, 11) is -3.43. The molecule has 0 bridgehead atoms. The van der Waals surface area contributed by atoms with Crippen LogP contribution in [0.5, 0.6) is 17.2 Å².